The van der Waals surface area contributed by atoms with Crippen LogP contribution in [0, 0.1) is 20.8 Å². The van der Waals surface area contributed by atoms with Crippen LogP contribution in [0.1, 0.15) is 27.0 Å². The van der Waals surface area contributed by atoms with E-state index in [0.29, 0.717) is 5.56 Å². The number of azide groups is 1. The topological polar surface area (TPSA) is 65.8 Å². The van der Waals surface area contributed by atoms with E-state index in [1.807, 2.05) is 32.9 Å². The summed E-state index contributed by atoms with van der Waals surface area (Å²) in [5.41, 5.74) is 11.5. The molecule has 0 unspecified atom stereocenters. The SMILES string of the molecule is Cc1cc(C)c(C(=O)N=[N+]=[N-])c(C)c1. The Morgan fingerprint density at radius 3 is 2.21 bits per heavy atom. The molecule has 0 fully saturated rings. The first-order chi connectivity index (χ1) is 6.56. The van der Waals surface area contributed by atoms with Gasteiger partial charge in [-0.3, -0.25) is 4.79 Å². The summed E-state index contributed by atoms with van der Waals surface area (Å²) in [5, 5.41) is 3.09. The molecular formula is C10H11N3O. The Morgan fingerprint density at radius 2 is 1.79 bits per heavy atom. The summed E-state index contributed by atoms with van der Waals surface area (Å²) in [6.45, 7) is 5.63. The Labute approximate surface area is 82.2 Å². The van der Waals surface area contributed by atoms with Crippen LogP contribution in [0.25, 0.3) is 10.4 Å². The molecule has 0 saturated carbocycles. The lowest BCUT2D eigenvalue weighted by molar-refractivity contribution is 0.0999. The van der Waals surface area contributed by atoms with Crippen molar-refractivity contribution in [2.45, 2.75) is 20.8 Å². The van der Waals surface area contributed by atoms with Crippen molar-refractivity contribution in [3.05, 3.63) is 44.8 Å². The second-order valence-corrected chi connectivity index (χ2v) is 3.27. The first-order valence-electron chi connectivity index (χ1n) is 4.23. The molecule has 0 spiro atoms. The van der Waals surface area contributed by atoms with Crippen LogP contribution in [0.15, 0.2) is 17.2 Å². The molecule has 0 aromatic heterocycles. The van der Waals surface area contributed by atoms with Crippen molar-refractivity contribution in [1.82, 2.24) is 0 Å². The smallest absolute Gasteiger partial charge is 0.249 e. The van der Waals surface area contributed by atoms with Crippen molar-refractivity contribution in [2.24, 2.45) is 5.11 Å². The Balaban J connectivity index is 3.34. The molecule has 1 rings (SSSR count). The van der Waals surface area contributed by atoms with Crippen LogP contribution < -0.4 is 0 Å². The van der Waals surface area contributed by atoms with Crippen LogP contribution in [0.5, 0.6) is 0 Å². The van der Waals surface area contributed by atoms with E-state index in [1.54, 1.807) is 0 Å². The molecule has 0 aliphatic heterocycles. The monoisotopic (exact) mass is 189 g/mol. The summed E-state index contributed by atoms with van der Waals surface area (Å²) in [7, 11) is 0. The summed E-state index contributed by atoms with van der Waals surface area (Å²) in [6, 6.07) is 3.79. The first-order valence-corrected chi connectivity index (χ1v) is 4.23. The van der Waals surface area contributed by atoms with Crippen molar-refractivity contribution in [2.75, 3.05) is 0 Å². The van der Waals surface area contributed by atoms with Gasteiger partial charge in [0.15, 0.2) is 0 Å². The maximum atomic E-state index is 11.4. The van der Waals surface area contributed by atoms with Gasteiger partial charge in [0.25, 0.3) is 0 Å². The fourth-order valence-electron chi connectivity index (χ4n) is 1.61. The Kier molecular flexibility index (Phi) is 2.89. The number of carbonyl (C=O) groups is 1. The molecule has 14 heavy (non-hydrogen) atoms. The minimum Gasteiger partial charge on any atom is -0.287 e. The molecule has 0 saturated heterocycles. The van der Waals surface area contributed by atoms with E-state index in [1.165, 1.54) is 0 Å². The van der Waals surface area contributed by atoms with Gasteiger partial charge in [-0.2, -0.15) is 0 Å². The Morgan fingerprint density at radius 1 is 1.29 bits per heavy atom. The van der Waals surface area contributed by atoms with E-state index < -0.39 is 5.91 Å². The van der Waals surface area contributed by atoms with Gasteiger partial charge in [-0.05, 0) is 42.5 Å². The standard InChI is InChI=1S/C10H11N3O/c1-6-4-7(2)9(8(3)5-6)10(14)12-13-11/h4-5H,1-3H3. The molecule has 4 nitrogen and oxygen atoms in total. The highest BCUT2D eigenvalue weighted by atomic mass is 16.1. The summed E-state index contributed by atoms with van der Waals surface area (Å²) >= 11 is 0. The number of benzene rings is 1. The molecule has 1 amide bonds. The summed E-state index contributed by atoms with van der Waals surface area (Å²) in [6.07, 6.45) is 0. The maximum absolute atomic E-state index is 11.4. The largest absolute Gasteiger partial charge is 0.287 e. The van der Waals surface area contributed by atoms with Crippen LogP contribution in [-0.4, -0.2) is 5.91 Å². The van der Waals surface area contributed by atoms with Crippen molar-refractivity contribution >= 4 is 5.91 Å². The van der Waals surface area contributed by atoms with Crippen LogP contribution in [0.2, 0.25) is 0 Å². The molecular weight excluding hydrogens is 178 g/mol. The molecule has 0 N–H and O–H groups in total. The van der Waals surface area contributed by atoms with Crippen molar-refractivity contribution < 1.29 is 4.79 Å². The second kappa shape index (κ2) is 3.94. The fraction of sp³-hybridized carbons (Fsp3) is 0.300. The third-order valence-electron chi connectivity index (χ3n) is 2.03. The van der Waals surface area contributed by atoms with Gasteiger partial charge in [0.1, 0.15) is 0 Å². The van der Waals surface area contributed by atoms with Gasteiger partial charge >= 0.3 is 0 Å². The number of nitrogens with zero attached hydrogens (tertiary/aromatic N) is 3. The van der Waals surface area contributed by atoms with E-state index >= 15 is 0 Å². The minimum atomic E-state index is -0.512. The van der Waals surface area contributed by atoms with Gasteiger partial charge in [0.05, 0.1) is 0 Å². The van der Waals surface area contributed by atoms with Gasteiger partial charge in [0, 0.05) is 10.5 Å². The molecule has 4 heteroatoms. The van der Waals surface area contributed by atoms with Crippen LogP contribution in [0.3, 0.4) is 0 Å². The highest BCUT2D eigenvalue weighted by molar-refractivity contribution is 5.97. The third kappa shape index (κ3) is 1.92. The number of rotatable bonds is 1. The predicted octanol–water partition coefficient (Wildman–Crippen LogP) is 3.06. The van der Waals surface area contributed by atoms with E-state index in [9.17, 15) is 4.79 Å². The quantitative estimate of drug-likeness (QED) is 0.380. The molecule has 0 radical (unpaired) electrons. The third-order valence-corrected chi connectivity index (χ3v) is 2.03. The summed E-state index contributed by atoms with van der Waals surface area (Å²) in [5.74, 6) is -0.512. The van der Waals surface area contributed by atoms with E-state index in [2.05, 4.69) is 10.0 Å². The fourth-order valence-corrected chi connectivity index (χ4v) is 1.61. The van der Waals surface area contributed by atoms with E-state index in [0.717, 1.165) is 16.7 Å². The predicted molar refractivity (Wildman–Crippen MR) is 54.1 cm³/mol. The molecule has 1 aromatic carbocycles. The molecule has 0 bridgehead atoms. The highest BCUT2D eigenvalue weighted by Gasteiger charge is 2.10. The van der Waals surface area contributed by atoms with Crippen molar-refractivity contribution in [1.29, 1.82) is 0 Å². The number of hydrogen-bond donors (Lipinski definition) is 0. The number of hydrogen-bond acceptors (Lipinski definition) is 1. The van der Waals surface area contributed by atoms with Crippen LogP contribution in [-0.2, 0) is 0 Å². The van der Waals surface area contributed by atoms with Crippen molar-refractivity contribution in [3.63, 3.8) is 0 Å². The zero-order chi connectivity index (χ0) is 10.7. The molecule has 0 atom stereocenters. The number of aryl methyl sites for hydroxylation is 3. The van der Waals surface area contributed by atoms with Gasteiger partial charge in [0.2, 0.25) is 5.91 Å². The Hall–Kier alpha value is -1.80. The molecule has 0 aliphatic carbocycles. The lowest BCUT2D eigenvalue weighted by atomic mass is 9.99. The summed E-state index contributed by atoms with van der Waals surface area (Å²) < 4.78 is 0. The van der Waals surface area contributed by atoms with Crippen LogP contribution in [0.4, 0.5) is 0 Å². The molecule has 72 valence electrons. The summed E-state index contributed by atoms with van der Waals surface area (Å²) in [4.78, 5) is 13.9. The van der Waals surface area contributed by atoms with Gasteiger partial charge in [-0.15, -0.1) is 0 Å². The number of amides is 1. The second-order valence-electron chi connectivity index (χ2n) is 3.27. The van der Waals surface area contributed by atoms with Crippen molar-refractivity contribution in [3.8, 4) is 0 Å². The molecule has 0 heterocycles. The Bertz CT molecular complexity index is 408. The first kappa shape index (κ1) is 10.3. The zero-order valence-electron chi connectivity index (χ0n) is 8.40. The molecule has 1 aromatic rings. The zero-order valence-corrected chi connectivity index (χ0v) is 8.40. The maximum Gasteiger partial charge on any atom is 0.249 e. The van der Waals surface area contributed by atoms with Gasteiger partial charge < -0.3 is 0 Å². The minimum absolute atomic E-state index is 0.508. The normalized spacial score (nSPS) is 9.36. The van der Waals surface area contributed by atoms with Gasteiger partial charge in [-0.1, -0.05) is 17.7 Å². The van der Waals surface area contributed by atoms with E-state index in [-0.39, 0.29) is 0 Å². The molecule has 0 aliphatic rings. The van der Waals surface area contributed by atoms with E-state index in [4.69, 9.17) is 5.53 Å². The lowest BCUT2D eigenvalue weighted by Gasteiger charge is -2.06. The average molecular weight is 189 g/mol. The van der Waals surface area contributed by atoms with Crippen LogP contribution >= 0.6 is 0 Å². The van der Waals surface area contributed by atoms with Gasteiger partial charge in [-0.25, -0.2) is 0 Å². The highest BCUT2D eigenvalue weighted by Crippen LogP contribution is 2.17. The lowest BCUT2D eigenvalue weighted by Crippen LogP contribution is -2.01. The average Bonchev–Trinajstić information content (AvgIpc) is 2.01. The number of carbonyl (C=O) groups excluding carboxylic acids is 1.